The SMILES string of the molecule is Oc1ccc(C2=C(c3ccc(SC(F)F)cc3)CCCc3cc(O)ccc32)cc1. The quantitative estimate of drug-likeness (QED) is 0.470. The van der Waals surface area contributed by atoms with Crippen molar-refractivity contribution < 1.29 is 19.0 Å². The summed E-state index contributed by atoms with van der Waals surface area (Å²) in [6.45, 7) is 0. The Hall–Kier alpha value is -2.79. The van der Waals surface area contributed by atoms with Gasteiger partial charge in [-0.3, -0.25) is 0 Å². The molecule has 0 heterocycles. The van der Waals surface area contributed by atoms with Crippen molar-refractivity contribution in [2.45, 2.75) is 29.9 Å². The van der Waals surface area contributed by atoms with Gasteiger partial charge in [0.2, 0.25) is 0 Å². The minimum atomic E-state index is -2.44. The van der Waals surface area contributed by atoms with Crippen LogP contribution in [0.25, 0.3) is 11.1 Å². The van der Waals surface area contributed by atoms with Crippen molar-refractivity contribution in [2.75, 3.05) is 0 Å². The van der Waals surface area contributed by atoms with Crippen LogP contribution in [-0.4, -0.2) is 16.0 Å². The van der Waals surface area contributed by atoms with Crippen molar-refractivity contribution in [1.29, 1.82) is 0 Å². The van der Waals surface area contributed by atoms with Crippen molar-refractivity contribution in [3.8, 4) is 11.5 Å². The van der Waals surface area contributed by atoms with Gasteiger partial charge in [0.1, 0.15) is 11.5 Å². The maximum Gasteiger partial charge on any atom is 0.288 e. The number of hydrogen-bond acceptors (Lipinski definition) is 3. The van der Waals surface area contributed by atoms with Gasteiger partial charge >= 0.3 is 0 Å². The van der Waals surface area contributed by atoms with Crippen LogP contribution in [0, 0.1) is 0 Å². The zero-order valence-electron chi connectivity index (χ0n) is 15.6. The summed E-state index contributed by atoms with van der Waals surface area (Å²) in [5.74, 6) is -2.00. The molecule has 0 aromatic heterocycles. The standard InChI is InChI=1S/C24H20F2O2S/c25-24(26)29-20-11-6-15(7-12-20)21-3-1-2-17-14-19(28)10-13-22(17)23(21)16-4-8-18(27)9-5-16/h4-14,24,27-28H,1-3H2. The van der Waals surface area contributed by atoms with Crippen molar-refractivity contribution in [2.24, 2.45) is 0 Å². The average Bonchev–Trinajstić information content (AvgIpc) is 2.88. The molecule has 0 amide bonds. The highest BCUT2D eigenvalue weighted by Crippen LogP contribution is 2.41. The lowest BCUT2D eigenvalue weighted by molar-refractivity contribution is 0.252. The molecule has 0 aliphatic heterocycles. The fourth-order valence-corrected chi connectivity index (χ4v) is 4.36. The molecule has 0 bridgehead atoms. The van der Waals surface area contributed by atoms with Gasteiger partial charge < -0.3 is 10.2 Å². The van der Waals surface area contributed by atoms with Crippen LogP contribution < -0.4 is 0 Å². The van der Waals surface area contributed by atoms with Crippen molar-refractivity contribution >= 4 is 22.9 Å². The van der Waals surface area contributed by atoms with E-state index < -0.39 is 5.76 Å². The Morgan fingerprint density at radius 2 is 1.41 bits per heavy atom. The van der Waals surface area contributed by atoms with Gasteiger partial charge in [-0.2, -0.15) is 8.78 Å². The Balaban J connectivity index is 1.89. The number of allylic oxidation sites excluding steroid dienone is 1. The molecule has 148 valence electrons. The first-order valence-electron chi connectivity index (χ1n) is 9.41. The molecule has 0 saturated carbocycles. The second kappa shape index (κ2) is 8.29. The summed E-state index contributed by atoms with van der Waals surface area (Å²) >= 11 is 0.542. The van der Waals surface area contributed by atoms with Gasteiger partial charge in [0, 0.05) is 4.90 Å². The fraction of sp³-hybridized carbons (Fsp3) is 0.167. The monoisotopic (exact) mass is 410 g/mol. The Kier molecular flexibility index (Phi) is 5.58. The van der Waals surface area contributed by atoms with Crippen LogP contribution >= 0.6 is 11.8 Å². The number of halogens is 2. The Morgan fingerprint density at radius 3 is 2.10 bits per heavy atom. The second-order valence-corrected chi connectivity index (χ2v) is 8.06. The first-order valence-corrected chi connectivity index (χ1v) is 10.3. The fourth-order valence-electron chi connectivity index (χ4n) is 3.86. The van der Waals surface area contributed by atoms with Gasteiger partial charge in [0.25, 0.3) is 5.76 Å². The van der Waals surface area contributed by atoms with E-state index >= 15 is 0 Å². The minimum absolute atomic E-state index is 0.198. The van der Waals surface area contributed by atoms with Crippen molar-refractivity contribution in [3.63, 3.8) is 0 Å². The summed E-state index contributed by atoms with van der Waals surface area (Å²) in [5.41, 5.74) is 6.27. The van der Waals surface area contributed by atoms with Gasteiger partial charge in [-0.05, 0) is 89.1 Å². The van der Waals surface area contributed by atoms with E-state index in [4.69, 9.17) is 0 Å². The maximum atomic E-state index is 12.7. The van der Waals surface area contributed by atoms with E-state index in [0.717, 1.165) is 52.7 Å². The number of alkyl halides is 2. The van der Waals surface area contributed by atoms with Crippen LogP contribution in [0.15, 0.2) is 71.6 Å². The Bertz CT molecular complexity index is 1040. The molecular weight excluding hydrogens is 390 g/mol. The normalized spacial score (nSPS) is 14.0. The first-order chi connectivity index (χ1) is 14.0. The van der Waals surface area contributed by atoms with Crippen molar-refractivity contribution in [1.82, 2.24) is 0 Å². The van der Waals surface area contributed by atoms with E-state index in [2.05, 4.69) is 0 Å². The van der Waals surface area contributed by atoms with Crippen LogP contribution in [0.4, 0.5) is 8.78 Å². The molecule has 1 aliphatic rings. The second-order valence-electron chi connectivity index (χ2n) is 7.00. The number of fused-ring (bicyclic) bond motifs is 1. The summed E-state index contributed by atoms with van der Waals surface area (Å²) in [6.07, 6.45) is 2.59. The van der Waals surface area contributed by atoms with E-state index in [-0.39, 0.29) is 11.5 Å². The van der Waals surface area contributed by atoms with Gasteiger partial charge in [-0.1, -0.05) is 42.1 Å². The molecule has 0 fully saturated rings. The molecule has 29 heavy (non-hydrogen) atoms. The number of phenolic OH excluding ortho intramolecular Hbond substituents is 2. The third-order valence-corrected chi connectivity index (χ3v) is 5.84. The lowest BCUT2D eigenvalue weighted by atomic mass is 9.88. The molecule has 0 unspecified atom stereocenters. The molecule has 3 aromatic rings. The molecule has 4 rings (SSSR count). The summed E-state index contributed by atoms with van der Waals surface area (Å²) in [6, 6.07) is 19.8. The molecule has 1 aliphatic carbocycles. The lowest BCUT2D eigenvalue weighted by Crippen LogP contribution is -1.96. The van der Waals surface area contributed by atoms with Gasteiger partial charge in [-0.15, -0.1) is 0 Å². The smallest absolute Gasteiger partial charge is 0.288 e. The maximum absolute atomic E-state index is 12.7. The van der Waals surface area contributed by atoms with E-state index in [9.17, 15) is 19.0 Å². The molecule has 0 radical (unpaired) electrons. The van der Waals surface area contributed by atoms with Crippen LogP contribution in [0.2, 0.25) is 0 Å². The van der Waals surface area contributed by atoms with Crippen LogP contribution in [0.5, 0.6) is 11.5 Å². The van der Waals surface area contributed by atoms with Crippen LogP contribution in [-0.2, 0) is 6.42 Å². The first kappa shape index (κ1) is 19.5. The molecule has 0 spiro atoms. The number of aryl methyl sites for hydroxylation is 1. The topological polar surface area (TPSA) is 40.5 Å². The number of aromatic hydroxyl groups is 2. The highest BCUT2D eigenvalue weighted by Gasteiger charge is 2.20. The largest absolute Gasteiger partial charge is 0.508 e. The zero-order valence-corrected chi connectivity index (χ0v) is 16.4. The number of phenols is 2. The van der Waals surface area contributed by atoms with Crippen LogP contribution in [0.1, 0.15) is 35.1 Å². The minimum Gasteiger partial charge on any atom is -0.508 e. The molecule has 0 atom stereocenters. The average molecular weight is 410 g/mol. The van der Waals surface area contributed by atoms with Crippen LogP contribution in [0.3, 0.4) is 0 Å². The van der Waals surface area contributed by atoms with Gasteiger partial charge in [0.05, 0.1) is 0 Å². The molecule has 3 aromatic carbocycles. The third-order valence-electron chi connectivity index (χ3n) is 5.12. The number of rotatable bonds is 4. The highest BCUT2D eigenvalue weighted by atomic mass is 32.2. The lowest BCUT2D eigenvalue weighted by Gasteiger charge is -2.17. The Labute approximate surface area is 172 Å². The highest BCUT2D eigenvalue weighted by molar-refractivity contribution is 7.99. The molecule has 2 N–H and O–H groups in total. The zero-order chi connectivity index (χ0) is 20.4. The number of hydrogen-bond donors (Lipinski definition) is 2. The van der Waals surface area contributed by atoms with E-state index in [1.165, 1.54) is 0 Å². The Morgan fingerprint density at radius 1 is 0.759 bits per heavy atom. The van der Waals surface area contributed by atoms with E-state index in [1.54, 1.807) is 36.4 Å². The molecule has 5 heteroatoms. The number of thioether (sulfide) groups is 1. The van der Waals surface area contributed by atoms with Gasteiger partial charge in [0.15, 0.2) is 0 Å². The summed E-state index contributed by atoms with van der Waals surface area (Å²) in [4.78, 5) is 0.537. The summed E-state index contributed by atoms with van der Waals surface area (Å²) in [7, 11) is 0. The predicted molar refractivity (Wildman–Crippen MR) is 113 cm³/mol. The van der Waals surface area contributed by atoms with Crippen molar-refractivity contribution in [3.05, 3.63) is 89.0 Å². The third kappa shape index (κ3) is 4.30. The van der Waals surface area contributed by atoms with Gasteiger partial charge in [-0.25, -0.2) is 0 Å². The number of benzene rings is 3. The molecular formula is C24H20F2O2S. The summed E-state index contributed by atoms with van der Waals surface area (Å²) < 4.78 is 25.3. The molecule has 0 saturated heterocycles. The predicted octanol–water partition coefficient (Wildman–Crippen LogP) is 6.71. The van der Waals surface area contributed by atoms with E-state index in [1.807, 2.05) is 30.3 Å². The summed E-state index contributed by atoms with van der Waals surface area (Å²) in [5, 5.41) is 19.7. The molecule has 2 nitrogen and oxygen atoms in total. The van der Waals surface area contributed by atoms with E-state index in [0.29, 0.717) is 16.7 Å².